The standard InChI is InChI=1S/C28H32F4N4O6S/c1-26(2,3)24(39)35-34-22(37)17-11-20-21(12-18(17)29)43-14-19(33-25(40)42-27(4,5)6)23(38)36(20)13-15-7-9-16(10-8-15)41-28(30,31)32/h7-12,19H,13-14H2,1-6H3,(H,33,40)(H,34,37)(H,35,39)/t19-/m0/s1. The van der Waals surface area contributed by atoms with Gasteiger partial charge in [0.25, 0.3) is 11.8 Å². The van der Waals surface area contributed by atoms with Crippen LogP contribution in [0.15, 0.2) is 41.3 Å². The van der Waals surface area contributed by atoms with Crippen LogP contribution in [-0.4, -0.2) is 47.6 Å². The Hall–Kier alpha value is -4.01. The highest BCUT2D eigenvalue weighted by molar-refractivity contribution is 7.99. The Labute approximate surface area is 249 Å². The molecule has 1 aliphatic rings. The molecule has 4 amide bonds. The number of anilines is 1. The molecule has 2 aromatic rings. The van der Waals surface area contributed by atoms with E-state index in [0.717, 1.165) is 36.0 Å². The lowest BCUT2D eigenvalue weighted by Crippen LogP contribution is -2.50. The Morgan fingerprint density at radius 2 is 1.63 bits per heavy atom. The van der Waals surface area contributed by atoms with Crippen molar-refractivity contribution in [1.82, 2.24) is 16.2 Å². The number of carbonyl (C=O) groups is 4. The number of fused-ring (bicyclic) bond motifs is 1. The first kappa shape index (κ1) is 33.5. The van der Waals surface area contributed by atoms with Crippen molar-refractivity contribution in [3.05, 3.63) is 53.3 Å². The van der Waals surface area contributed by atoms with Crippen LogP contribution < -0.4 is 25.8 Å². The van der Waals surface area contributed by atoms with Gasteiger partial charge in [0.1, 0.15) is 23.2 Å². The number of hydrogen-bond acceptors (Lipinski definition) is 7. The summed E-state index contributed by atoms with van der Waals surface area (Å²) in [6.07, 6.45) is -5.77. The van der Waals surface area contributed by atoms with Gasteiger partial charge in [-0.15, -0.1) is 24.9 Å². The molecule has 2 aromatic carbocycles. The third-order valence-corrected chi connectivity index (χ3v) is 6.85. The number of nitrogens with one attached hydrogen (secondary N) is 3. The lowest BCUT2D eigenvalue weighted by molar-refractivity contribution is -0.274. The summed E-state index contributed by atoms with van der Waals surface area (Å²) in [6.45, 7) is 9.54. The van der Waals surface area contributed by atoms with Crippen molar-refractivity contribution in [2.24, 2.45) is 5.41 Å². The van der Waals surface area contributed by atoms with Crippen molar-refractivity contribution in [3.63, 3.8) is 0 Å². The highest BCUT2D eigenvalue weighted by Crippen LogP contribution is 2.37. The molecule has 0 unspecified atom stereocenters. The first-order valence-electron chi connectivity index (χ1n) is 13.0. The summed E-state index contributed by atoms with van der Waals surface area (Å²) < 4.78 is 62.2. The maximum Gasteiger partial charge on any atom is 0.573 e. The molecule has 234 valence electrons. The minimum Gasteiger partial charge on any atom is -0.444 e. The summed E-state index contributed by atoms with van der Waals surface area (Å²) in [6, 6.07) is 5.79. The van der Waals surface area contributed by atoms with Crippen molar-refractivity contribution in [3.8, 4) is 5.75 Å². The molecule has 43 heavy (non-hydrogen) atoms. The second-order valence-corrected chi connectivity index (χ2v) is 12.6. The van der Waals surface area contributed by atoms with Gasteiger partial charge >= 0.3 is 12.5 Å². The Kier molecular flexibility index (Phi) is 9.89. The highest BCUT2D eigenvalue weighted by Gasteiger charge is 2.35. The van der Waals surface area contributed by atoms with E-state index in [4.69, 9.17) is 4.74 Å². The molecule has 0 saturated heterocycles. The van der Waals surface area contributed by atoms with E-state index in [1.54, 1.807) is 41.5 Å². The second-order valence-electron chi connectivity index (χ2n) is 11.6. The molecule has 15 heteroatoms. The number of thioether (sulfide) groups is 1. The molecule has 0 fully saturated rings. The zero-order valence-corrected chi connectivity index (χ0v) is 25.1. The third-order valence-electron chi connectivity index (χ3n) is 5.71. The number of benzene rings is 2. The first-order valence-corrected chi connectivity index (χ1v) is 13.9. The quantitative estimate of drug-likeness (QED) is 0.312. The van der Waals surface area contributed by atoms with E-state index in [1.165, 1.54) is 17.0 Å². The topological polar surface area (TPSA) is 126 Å². The minimum atomic E-state index is -4.90. The molecule has 0 bridgehead atoms. The lowest BCUT2D eigenvalue weighted by Gasteiger charge is -2.27. The van der Waals surface area contributed by atoms with Gasteiger partial charge in [-0.3, -0.25) is 25.2 Å². The summed E-state index contributed by atoms with van der Waals surface area (Å²) >= 11 is 1.04. The summed E-state index contributed by atoms with van der Waals surface area (Å²) in [5.41, 5.74) is 2.65. The van der Waals surface area contributed by atoms with E-state index < -0.39 is 64.4 Å². The molecule has 0 radical (unpaired) electrons. The summed E-state index contributed by atoms with van der Waals surface area (Å²) in [7, 11) is 0. The van der Waals surface area contributed by atoms with Gasteiger partial charge in [-0.05, 0) is 50.6 Å². The molecule has 1 aliphatic heterocycles. The van der Waals surface area contributed by atoms with Crippen LogP contribution in [0.4, 0.5) is 28.0 Å². The number of alkyl carbamates (subject to hydrolysis) is 1. The fourth-order valence-electron chi connectivity index (χ4n) is 3.66. The maximum absolute atomic E-state index is 15.2. The average Bonchev–Trinajstić information content (AvgIpc) is 2.97. The molecular formula is C28H32F4N4O6S. The number of ether oxygens (including phenoxy) is 2. The lowest BCUT2D eigenvalue weighted by atomic mass is 9.96. The van der Waals surface area contributed by atoms with Crippen LogP contribution in [0.5, 0.6) is 5.75 Å². The largest absolute Gasteiger partial charge is 0.573 e. The molecule has 3 N–H and O–H groups in total. The predicted molar refractivity (Wildman–Crippen MR) is 150 cm³/mol. The molecule has 10 nitrogen and oxygen atoms in total. The molecule has 0 spiro atoms. The summed E-state index contributed by atoms with van der Waals surface area (Å²) in [5.74, 6) is -3.60. The highest BCUT2D eigenvalue weighted by atomic mass is 32.2. The molecule has 0 aromatic heterocycles. The van der Waals surface area contributed by atoms with Gasteiger partial charge in [0.2, 0.25) is 5.91 Å². The van der Waals surface area contributed by atoms with E-state index in [0.29, 0.717) is 5.56 Å². The van der Waals surface area contributed by atoms with Gasteiger partial charge in [0.05, 0.1) is 17.8 Å². The van der Waals surface area contributed by atoms with Crippen LogP contribution in [0.25, 0.3) is 0 Å². The predicted octanol–water partition coefficient (Wildman–Crippen LogP) is 5.06. The van der Waals surface area contributed by atoms with Crippen molar-refractivity contribution >= 4 is 41.3 Å². The smallest absolute Gasteiger partial charge is 0.444 e. The summed E-state index contributed by atoms with van der Waals surface area (Å²) in [4.78, 5) is 52.8. The average molecular weight is 629 g/mol. The van der Waals surface area contributed by atoms with Gasteiger partial charge in [-0.25, -0.2) is 9.18 Å². The summed E-state index contributed by atoms with van der Waals surface area (Å²) in [5, 5.41) is 2.51. The van der Waals surface area contributed by atoms with Gasteiger partial charge in [0, 0.05) is 16.1 Å². The minimum absolute atomic E-state index is 0.0213. The van der Waals surface area contributed by atoms with E-state index >= 15 is 4.39 Å². The van der Waals surface area contributed by atoms with Crippen molar-refractivity contribution in [1.29, 1.82) is 0 Å². The number of alkyl halides is 3. The van der Waals surface area contributed by atoms with Gasteiger partial charge < -0.3 is 19.7 Å². The van der Waals surface area contributed by atoms with Crippen molar-refractivity contribution < 1.29 is 46.2 Å². The van der Waals surface area contributed by atoms with E-state index in [2.05, 4.69) is 20.9 Å². The number of halogens is 4. The number of hydrazine groups is 1. The fraction of sp³-hybridized carbons (Fsp3) is 0.429. The molecule has 0 saturated carbocycles. The normalized spacial score (nSPS) is 15.6. The van der Waals surface area contributed by atoms with Crippen LogP contribution in [-0.2, 0) is 20.9 Å². The number of rotatable bonds is 5. The van der Waals surface area contributed by atoms with Crippen LogP contribution in [0.1, 0.15) is 57.5 Å². The molecule has 0 aliphatic carbocycles. The Morgan fingerprint density at radius 3 is 2.19 bits per heavy atom. The van der Waals surface area contributed by atoms with Crippen LogP contribution >= 0.6 is 11.8 Å². The van der Waals surface area contributed by atoms with Crippen LogP contribution in [0.3, 0.4) is 0 Å². The molecule has 1 atom stereocenters. The fourth-order valence-corrected chi connectivity index (χ4v) is 4.74. The van der Waals surface area contributed by atoms with Crippen LogP contribution in [0.2, 0.25) is 0 Å². The number of hydrogen-bond donors (Lipinski definition) is 3. The van der Waals surface area contributed by atoms with E-state index in [-0.39, 0.29) is 22.9 Å². The molecule has 3 rings (SSSR count). The third kappa shape index (κ3) is 9.49. The van der Waals surface area contributed by atoms with E-state index in [1.807, 2.05) is 0 Å². The van der Waals surface area contributed by atoms with Crippen molar-refractivity contribution in [2.45, 2.75) is 71.0 Å². The Morgan fingerprint density at radius 1 is 1.00 bits per heavy atom. The van der Waals surface area contributed by atoms with Crippen molar-refractivity contribution in [2.75, 3.05) is 10.7 Å². The Bertz CT molecular complexity index is 1390. The monoisotopic (exact) mass is 628 g/mol. The van der Waals surface area contributed by atoms with Crippen LogP contribution in [0, 0.1) is 11.2 Å². The number of amides is 4. The van der Waals surface area contributed by atoms with Gasteiger partial charge in [-0.1, -0.05) is 32.9 Å². The zero-order valence-electron chi connectivity index (χ0n) is 24.3. The molecule has 1 heterocycles. The van der Waals surface area contributed by atoms with Gasteiger partial charge in [0.15, 0.2) is 0 Å². The number of carbonyl (C=O) groups excluding carboxylic acids is 4. The Balaban J connectivity index is 1.98. The van der Waals surface area contributed by atoms with E-state index in [9.17, 15) is 32.3 Å². The number of nitrogens with zero attached hydrogens (tertiary/aromatic N) is 1. The molecular weight excluding hydrogens is 596 g/mol. The maximum atomic E-state index is 15.2. The first-order chi connectivity index (χ1) is 19.7. The van der Waals surface area contributed by atoms with Gasteiger partial charge in [-0.2, -0.15) is 0 Å². The second kappa shape index (κ2) is 12.7. The SMILES string of the molecule is CC(C)(C)OC(=O)N[C@H]1CSc2cc(F)c(C(=O)NNC(=O)C(C)(C)C)cc2N(Cc2ccc(OC(F)(F)F)cc2)C1=O. The zero-order chi connectivity index (χ0) is 32.3.